The minimum Gasteiger partial charge on any atom is -0.399 e. The van der Waals surface area contributed by atoms with E-state index in [4.69, 9.17) is 10.7 Å². The Bertz CT molecular complexity index is 585. The van der Waals surface area contributed by atoms with Gasteiger partial charge in [0.25, 0.3) is 0 Å². The lowest BCUT2D eigenvalue weighted by molar-refractivity contribution is 0.285. The number of hydrogen-bond donors (Lipinski definition) is 1. The summed E-state index contributed by atoms with van der Waals surface area (Å²) in [6.07, 6.45) is 2.52. The molecule has 0 spiro atoms. The quantitative estimate of drug-likeness (QED) is 0.883. The van der Waals surface area contributed by atoms with Crippen LogP contribution >= 0.6 is 11.3 Å². The summed E-state index contributed by atoms with van der Waals surface area (Å²) in [6, 6.07) is 5.97. The molecular formula is C15H22N4S. The van der Waals surface area contributed by atoms with Crippen LogP contribution in [0, 0.1) is 5.92 Å². The van der Waals surface area contributed by atoms with Crippen molar-refractivity contribution in [2.45, 2.75) is 12.8 Å². The van der Waals surface area contributed by atoms with Gasteiger partial charge in [0.1, 0.15) is 0 Å². The van der Waals surface area contributed by atoms with E-state index in [1.165, 1.54) is 24.1 Å². The number of piperidine rings is 1. The second-order valence-electron chi connectivity index (χ2n) is 5.92. The molecule has 20 heavy (non-hydrogen) atoms. The highest BCUT2D eigenvalue weighted by atomic mass is 32.1. The van der Waals surface area contributed by atoms with Gasteiger partial charge in [-0.1, -0.05) is 11.3 Å². The largest absolute Gasteiger partial charge is 0.399 e. The van der Waals surface area contributed by atoms with Crippen LogP contribution in [-0.2, 0) is 0 Å². The first-order valence-corrected chi connectivity index (χ1v) is 7.99. The van der Waals surface area contributed by atoms with Crippen LogP contribution in [0.25, 0.3) is 10.2 Å². The van der Waals surface area contributed by atoms with Gasteiger partial charge >= 0.3 is 0 Å². The molecule has 1 saturated heterocycles. The number of hydrogen-bond acceptors (Lipinski definition) is 5. The molecule has 0 amide bonds. The lowest BCUT2D eigenvalue weighted by atomic mass is 9.97. The van der Waals surface area contributed by atoms with Crippen LogP contribution < -0.4 is 10.6 Å². The van der Waals surface area contributed by atoms with Gasteiger partial charge in [-0.15, -0.1) is 0 Å². The first-order chi connectivity index (χ1) is 9.61. The van der Waals surface area contributed by atoms with E-state index >= 15 is 0 Å². The van der Waals surface area contributed by atoms with Gasteiger partial charge in [0.15, 0.2) is 5.13 Å². The predicted octanol–water partition coefficient (Wildman–Crippen LogP) is 2.66. The summed E-state index contributed by atoms with van der Waals surface area (Å²) in [6.45, 7) is 3.44. The SMILES string of the molecule is CN(C)CC1CCN(c2nc3ccc(N)cc3s2)CC1. The summed E-state index contributed by atoms with van der Waals surface area (Å²) in [7, 11) is 4.31. The molecule has 4 nitrogen and oxygen atoms in total. The molecule has 0 saturated carbocycles. The molecule has 3 rings (SSSR count). The van der Waals surface area contributed by atoms with Crippen molar-refractivity contribution in [1.29, 1.82) is 0 Å². The van der Waals surface area contributed by atoms with Crippen LogP contribution in [0.2, 0.25) is 0 Å². The molecule has 2 N–H and O–H groups in total. The molecule has 1 aliphatic heterocycles. The van der Waals surface area contributed by atoms with E-state index < -0.39 is 0 Å². The fourth-order valence-corrected chi connectivity index (χ4v) is 3.95. The molecule has 1 aromatic carbocycles. The lowest BCUT2D eigenvalue weighted by Gasteiger charge is -2.32. The Hall–Kier alpha value is -1.33. The monoisotopic (exact) mass is 290 g/mol. The molecule has 0 radical (unpaired) electrons. The summed E-state index contributed by atoms with van der Waals surface area (Å²) in [5, 5.41) is 1.15. The third kappa shape index (κ3) is 2.88. The summed E-state index contributed by atoms with van der Waals surface area (Å²) < 4.78 is 1.19. The molecule has 2 heterocycles. The summed E-state index contributed by atoms with van der Waals surface area (Å²) >= 11 is 1.76. The van der Waals surface area contributed by atoms with Crippen LogP contribution in [0.15, 0.2) is 18.2 Å². The van der Waals surface area contributed by atoms with E-state index in [0.29, 0.717) is 0 Å². The highest BCUT2D eigenvalue weighted by Gasteiger charge is 2.21. The van der Waals surface area contributed by atoms with Crippen LogP contribution in [0.3, 0.4) is 0 Å². The van der Waals surface area contributed by atoms with Gasteiger partial charge in [0.05, 0.1) is 10.2 Å². The number of benzene rings is 1. The van der Waals surface area contributed by atoms with Crippen molar-refractivity contribution in [2.75, 3.05) is 44.4 Å². The normalized spacial score (nSPS) is 17.2. The summed E-state index contributed by atoms with van der Waals surface area (Å²) in [5.74, 6) is 0.825. The maximum Gasteiger partial charge on any atom is 0.186 e. The molecule has 1 fully saturated rings. The molecule has 0 bridgehead atoms. The lowest BCUT2D eigenvalue weighted by Crippen LogP contribution is -2.37. The average molecular weight is 290 g/mol. The Morgan fingerprint density at radius 2 is 2.10 bits per heavy atom. The number of aromatic nitrogens is 1. The van der Waals surface area contributed by atoms with E-state index in [0.717, 1.165) is 35.3 Å². The van der Waals surface area contributed by atoms with Gasteiger partial charge in [-0.05, 0) is 51.1 Å². The van der Waals surface area contributed by atoms with Gasteiger partial charge in [0, 0.05) is 25.3 Å². The summed E-state index contributed by atoms with van der Waals surface area (Å²) in [5.41, 5.74) is 7.72. The van der Waals surface area contributed by atoms with Crippen molar-refractivity contribution in [1.82, 2.24) is 9.88 Å². The topological polar surface area (TPSA) is 45.4 Å². The van der Waals surface area contributed by atoms with Gasteiger partial charge in [0.2, 0.25) is 0 Å². The van der Waals surface area contributed by atoms with Gasteiger partial charge in [-0.25, -0.2) is 4.98 Å². The Morgan fingerprint density at radius 3 is 2.80 bits per heavy atom. The fourth-order valence-electron chi connectivity index (χ4n) is 2.89. The summed E-state index contributed by atoms with van der Waals surface area (Å²) in [4.78, 5) is 9.46. The number of thiazole rings is 1. The fraction of sp³-hybridized carbons (Fsp3) is 0.533. The first-order valence-electron chi connectivity index (χ1n) is 7.17. The second kappa shape index (κ2) is 5.58. The number of nitrogens with zero attached hydrogens (tertiary/aromatic N) is 3. The van der Waals surface area contributed by atoms with Crippen LogP contribution in [0.1, 0.15) is 12.8 Å². The molecule has 0 aliphatic carbocycles. The molecule has 1 aliphatic rings. The van der Waals surface area contributed by atoms with Crippen molar-refractivity contribution in [3.8, 4) is 0 Å². The Balaban J connectivity index is 1.70. The van der Waals surface area contributed by atoms with Crippen molar-refractivity contribution in [3.05, 3.63) is 18.2 Å². The number of anilines is 2. The van der Waals surface area contributed by atoms with Crippen molar-refractivity contribution in [2.24, 2.45) is 5.92 Å². The van der Waals surface area contributed by atoms with Gasteiger partial charge < -0.3 is 15.5 Å². The Labute approximate surface area is 124 Å². The highest BCUT2D eigenvalue weighted by molar-refractivity contribution is 7.22. The zero-order chi connectivity index (χ0) is 14.1. The Kier molecular flexibility index (Phi) is 3.81. The maximum atomic E-state index is 5.84. The number of rotatable bonds is 3. The standard InChI is InChI=1S/C15H22N4S/c1-18(2)10-11-5-7-19(8-6-11)15-17-13-4-3-12(16)9-14(13)20-15/h3-4,9,11H,5-8,10,16H2,1-2H3. The Morgan fingerprint density at radius 1 is 1.35 bits per heavy atom. The molecule has 1 aromatic heterocycles. The highest BCUT2D eigenvalue weighted by Crippen LogP contribution is 2.32. The van der Waals surface area contributed by atoms with Crippen molar-refractivity contribution >= 4 is 32.4 Å². The zero-order valence-corrected chi connectivity index (χ0v) is 13.0. The second-order valence-corrected chi connectivity index (χ2v) is 6.93. The van der Waals surface area contributed by atoms with E-state index in [1.54, 1.807) is 11.3 Å². The van der Waals surface area contributed by atoms with Gasteiger partial charge in [-0.3, -0.25) is 0 Å². The molecule has 5 heteroatoms. The smallest absolute Gasteiger partial charge is 0.186 e. The molecule has 0 unspecified atom stereocenters. The van der Waals surface area contributed by atoms with Crippen LogP contribution in [-0.4, -0.2) is 43.6 Å². The maximum absolute atomic E-state index is 5.84. The minimum atomic E-state index is 0.817. The third-order valence-electron chi connectivity index (χ3n) is 3.91. The average Bonchev–Trinajstić information content (AvgIpc) is 2.81. The molecule has 2 aromatic rings. The van der Waals surface area contributed by atoms with E-state index in [9.17, 15) is 0 Å². The predicted molar refractivity (Wildman–Crippen MR) is 87.5 cm³/mol. The zero-order valence-electron chi connectivity index (χ0n) is 12.2. The third-order valence-corrected chi connectivity index (χ3v) is 4.99. The minimum absolute atomic E-state index is 0.817. The molecular weight excluding hydrogens is 268 g/mol. The van der Waals surface area contributed by atoms with E-state index in [1.807, 2.05) is 18.2 Å². The number of nitrogens with two attached hydrogens (primary N) is 1. The van der Waals surface area contributed by atoms with Gasteiger partial charge in [-0.2, -0.15) is 0 Å². The number of nitrogen functional groups attached to an aromatic ring is 1. The molecule has 108 valence electrons. The number of fused-ring (bicyclic) bond motifs is 1. The van der Waals surface area contributed by atoms with Crippen molar-refractivity contribution in [3.63, 3.8) is 0 Å². The van der Waals surface area contributed by atoms with Crippen LogP contribution in [0.5, 0.6) is 0 Å². The van der Waals surface area contributed by atoms with Crippen molar-refractivity contribution < 1.29 is 0 Å². The first kappa shape index (κ1) is 13.6. The molecule has 0 atom stereocenters. The van der Waals surface area contributed by atoms with E-state index in [-0.39, 0.29) is 0 Å². The van der Waals surface area contributed by atoms with Crippen LogP contribution in [0.4, 0.5) is 10.8 Å². The van der Waals surface area contributed by atoms with E-state index in [2.05, 4.69) is 23.9 Å².